The molecule has 0 saturated heterocycles. The molecule has 0 saturated carbocycles. The van der Waals surface area contributed by atoms with Crippen LogP contribution in [0.15, 0.2) is 0 Å². The molecule has 0 aromatic heterocycles. The lowest BCUT2D eigenvalue weighted by Gasteiger charge is -2.18. The summed E-state index contributed by atoms with van der Waals surface area (Å²) >= 11 is 0. The maximum absolute atomic E-state index is 12.7. The van der Waals surface area contributed by atoms with Gasteiger partial charge in [-0.1, -0.05) is 214 Å². The average molecular weight is 737 g/mol. The minimum absolute atomic E-state index is 0.0644. The second kappa shape index (κ2) is 40.6. The number of ether oxygens (including phenoxy) is 3. The van der Waals surface area contributed by atoms with Gasteiger partial charge in [0.05, 0.1) is 0 Å². The van der Waals surface area contributed by atoms with Gasteiger partial charge in [0.25, 0.3) is 0 Å². The topological polar surface area (TPSA) is 78.9 Å². The Bertz CT molecular complexity index is 781. The Labute approximate surface area is 323 Å². The maximum Gasteiger partial charge on any atom is 0.306 e. The van der Waals surface area contributed by atoms with Crippen LogP contribution in [-0.2, 0) is 28.6 Å². The molecule has 0 aliphatic heterocycles. The Morgan fingerprint density at radius 1 is 0.365 bits per heavy atom. The number of hydrogen-bond acceptors (Lipinski definition) is 6. The summed E-state index contributed by atoms with van der Waals surface area (Å²) in [7, 11) is 0. The zero-order valence-electron chi connectivity index (χ0n) is 35.3. The fourth-order valence-corrected chi connectivity index (χ4v) is 6.80. The quantitative estimate of drug-likeness (QED) is 0.0353. The fourth-order valence-electron chi connectivity index (χ4n) is 6.80. The smallest absolute Gasteiger partial charge is 0.306 e. The van der Waals surface area contributed by atoms with Crippen LogP contribution < -0.4 is 0 Å². The first-order chi connectivity index (χ1) is 25.4. The highest BCUT2D eigenvalue weighted by Gasteiger charge is 2.19. The van der Waals surface area contributed by atoms with Crippen molar-refractivity contribution in [2.24, 2.45) is 5.92 Å². The van der Waals surface area contributed by atoms with Crippen LogP contribution >= 0.6 is 0 Å². The van der Waals surface area contributed by atoms with Crippen LogP contribution in [0.2, 0.25) is 0 Å². The Morgan fingerprint density at radius 2 is 0.635 bits per heavy atom. The van der Waals surface area contributed by atoms with E-state index in [1.807, 2.05) is 0 Å². The molecule has 52 heavy (non-hydrogen) atoms. The van der Waals surface area contributed by atoms with Crippen molar-refractivity contribution >= 4 is 17.9 Å². The van der Waals surface area contributed by atoms with Crippen LogP contribution in [-0.4, -0.2) is 37.2 Å². The molecule has 0 unspecified atom stereocenters. The van der Waals surface area contributed by atoms with Crippen molar-refractivity contribution in [3.63, 3.8) is 0 Å². The summed E-state index contributed by atoms with van der Waals surface area (Å²) in [6.07, 6.45) is 39.5. The highest BCUT2D eigenvalue weighted by atomic mass is 16.6. The molecule has 1 atom stereocenters. The Morgan fingerprint density at radius 3 is 0.942 bits per heavy atom. The second-order valence-electron chi connectivity index (χ2n) is 16.2. The van der Waals surface area contributed by atoms with Gasteiger partial charge in [-0.3, -0.25) is 14.4 Å². The van der Waals surface area contributed by atoms with Gasteiger partial charge in [0.15, 0.2) is 6.10 Å². The first-order valence-electron chi connectivity index (χ1n) is 22.9. The number of esters is 3. The molecule has 0 spiro atoms. The molecular formula is C46H88O6. The van der Waals surface area contributed by atoms with E-state index in [2.05, 4.69) is 27.7 Å². The average Bonchev–Trinajstić information content (AvgIpc) is 3.12. The summed E-state index contributed by atoms with van der Waals surface area (Å²) in [6, 6.07) is 0. The van der Waals surface area contributed by atoms with Gasteiger partial charge in [0, 0.05) is 19.3 Å². The molecule has 0 bridgehead atoms. The number of rotatable bonds is 41. The Balaban J connectivity index is 4.31. The third-order valence-corrected chi connectivity index (χ3v) is 10.3. The Hall–Kier alpha value is -1.59. The largest absolute Gasteiger partial charge is 0.462 e. The van der Waals surface area contributed by atoms with Crippen molar-refractivity contribution in [3.8, 4) is 0 Å². The molecule has 6 nitrogen and oxygen atoms in total. The molecule has 0 aromatic rings. The molecule has 0 N–H and O–H groups in total. The van der Waals surface area contributed by atoms with E-state index < -0.39 is 6.10 Å². The van der Waals surface area contributed by atoms with Gasteiger partial charge in [0.1, 0.15) is 13.2 Å². The van der Waals surface area contributed by atoms with Crippen molar-refractivity contribution < 1.29 is 28.6 Å². The van der Waals surface area contributed by atoms with E-state index in [1.54, 1.807) is 0 Å². The lowest BCUT2D eigenvalue weighted by molar-refractivity contribution is -0.167. The number of carbonyl (C=O) groups excluding carboxylic acids is 3. The van der Waals surface area contributed by atoms with Crippen molar-refractivity contribution in [3.05, 3.63) is 0 Å². The summed E-state index contributed by atoms with van der Waals surface area (Å²) in [5.41, 5.74) is 0. The first-order valence-corrected chi connectivity index (χ1v) is 22.9. The van der Waals surface area contributed by atoms with Crippen molar-refractivity contribution in [1.29, 1.82) is 0 Å². The van der Waals surface area contributed by atoms with Gasteiger partial charge < -0.3 is 14.2 Å². The molecule has 308 valence electrons. The summed E-state index contributed by atoms with van der Waals surface area (Å²) in [6.45, 7) is 8.92. The monoisotopic (exact) mass is 737 g/mol. The third kappa shape index (κ3) is 39.6. The summed E-state index contributed by atoms with van der Waals surface area (Å²) in [5, 5.41) is 0. The highest BCUT2D eigenvalue weighted by Crippen LogP contribution is 2.16. The van der Waals surface area contributed by atoms with E-state index in [-0.39, 0.29) is 31.1 Å². The molecule has 0 aliphatic rings. The molecule has 0 radical (unpaired) electrons. The zero-order valence-corrected chi connectivity index (χ0v) is 35.3. The highest BCUT2D eigenvalue weighted by molar-refractivity contribution is 5.71. The number of unbranched alkanes of at least 4 members (excludes halogenated alkanes) is 28. The molecule has 6 heteroatoms. The Kier molecular flexibility index (Phi) is 39.4. The van der Waals surface area contributed by atoms with E-state index >= 15 is 0 Å². The van der Waals surface area contributed by atoms with Gasteiger partial charge in [0.2, 0.25) is 0 Å². The van der Waals surface area contributed by atoms with Crippen LogP contribution in [0.3, 0.4) is 0 Å². The van der Waals surface area contributed by atoms with E-state index in [4.69, 9.17) is 14.2 Å². The van der Waals surface area contributed by atoms with E-state index in [1.165, 1.54) is 148 Å². The van der Waals surface area contributed by atoms with Gasteiger partial charge in [-0.25, -0.2) is 0 Å². The van der Waals surface area contributed by atoms with Crippen LogP contribution in [0.1, 0.15) is 252 Å². The summed E-state index contributed by atoms with van der Waals surface area (Å²) in [5.74, 6) is -0.0946. The zero-order chi connectivity index (χ0) is 38.2. The van der Waals surface area contributed by atoms with Crippen LogP contribution in [0.4, 0.5) is 0 Å². The van der Waals surface area contributed by atoms with Gasteiger partial charge in [-0.15, -0.1) is 0 Å². The summed E-state index contributed by atoms with van der Waals surface area (Å²) in [4.78, 5) is 37.6. The molecule has 0 fully saturated rings. The SMILES string of the molecule is CCCCCCCCCCCCCCCC(=O)OC[C@@H](COC(=O)CCCCCCCCC(C)C)OC(=O)CCCCCCCCCCCCCC. The second-order valence-corrected chi connectivity index (χ2v) is 16.2. The van der Waals surface area contributed by atoms with E-state index in [9.17, 15) is 14.4 Å². The third-order valence-electron chi connectivity index (χ3n) is 10.3. The van der Waals surface area contributed by atoms with Crippen molar-refractivity contribution in [2.75, 3.05) is 13.2 Å². The fraction of sp³-hybridized carbons (Fsp3) is 0.935. The summed E-state index contributed by atoms with van der Waals surface area (Å²) < 4.78 is 16.7. The lowest BCUT2D eigenvalue weighted by Crippen LogP contribution is -2.30. The molecule has 0 aliphatic carbocycles. The van der Waals surface area contributed by atoms with Crippen LogP contribution in [0.25, 0.3) is 0 Å². The van der Waals surface area contributed by atoms with Gasteiger partial charge in [-0.2, -0.15) is 0 Å². The van der Waals surface area contributed by atoms with Crippen LogP contribution in [0, 0.1) is 5.92 Å². The predicted molar refractivity (Wildman–Crippen MR) is 220 cm³/mol. The molecule has 0 rings (SSSR count). The molecule has 0 aromatic carbocycles. The van der Waals surface area contributed by atoms with Gasteiger partial charge in [-0.05, 0) is 25.2 Å². The molecule has 0 amide bonds. The normalized spacial score (nSPS) is 11.9. The molecular weight excluding hydrogens is 648 g/mol. The number of hydrogen-bond donors (Lipinski definition) is 0. The van der Waals surface area contributed by atoms with Gasteiger partial charge >= 0.3 is 17.9 Å². The lowest BCUT2D eigenvalue weighted by atomic mass is 10.0. The van der Waals surface area contributed by atoms with Crippen LogP contribution in [0.5, 0.6) is 0 Å². The van der Waals surface area contributed by atoms with E-state index in [0.29, 0.717) is 19.3 Å². The molecule has 0 heterocycles. The number of carbonyl (C=O) groups is 3. The van der Waals surface area contributed by atoms with Crippen molar-refractivity contribution in [1.82, 2.24) is 0 Å². The van der Waals surface area contributed by atoms with Crippen molar-refractivity contribution in [2.45, 2.75) is 259 Å². The standard InChI is InChI=1S/C46H88O6/c1-5-7-9-11-13-15-17-19-21-22-24-29-33-37-44(47)50-40-43(41-51-45(48)38-34-30-27-26-28-32-36-42(3)4)52-46(49)39-35-31-25-23-20-18-16-14-12-10-8-6-2/h42-43H,5-41H2,1-4H3/t43-/m0/s1. The first kappa shape index (κ1) is 50.4. The minimum Gasteiger partial charge on any atom is -0.462 e. The maximum atomic E-state index is 12.7. The minimum atomic E-state index is -0.759. The predicted octanol–water partition coefficient (Wildman–Crippen LogP) is 14.3. The van der Waals surface area contributed by atoms with E-state index in [0.717, 1.165) is 63.7 Å².